The van der Waals surface area contributed by atoms with Gasteiger partial charge in [-0.25, -0.2) is 4.79 Å². The van der Waals surface area contributed by atoms with Gasteiger partial charge < -0.3 is 14.8 Å². The van der Waals surface area contributed by atoms with Crippen molar-refractivity contribution in [1.29, 1.82) is 0 Å². The van der Waals surface area contributed by atoms with Gasteiger partial charge in [-0.05, 0) is 12.8 Å². The SMILES string of the molecule is COC(=O)C[C@@H](NC(=O)C1CC1)C(=O)OC. The molecule has 0 radical (unpaired) electrons. The van der Waals surface area contributed by atoms with Gasteiger partial charge in [-0.3, -0.25) is 9.59 Å². The molecule has 0 spiro atoms. The molecule has 0 aromatic heterocycles. The fourth-order valence-corrected chi connectivity index (χ4v) is 1.22. The molecule has 1 amide bonds. The first-order valence-electron chi connectivity index (χ1n) is 5.03. The van der Waals surface area contributed by atoms with E-state index in [1.165, 1.54) is 14.2 Å². The quantitative estimate of drug-likeness (QED) is 0.650. The Morgan fingerprint density at radius 2 is 1.88 bits per heavy atom. The largest absolute Gasteiger partial charge is 0.469 e. The Morgan fingerprint density at radius 3 is 2.31 bits per heavy atom. The summed E-state index contributed by atoms with van der Waals surface area (Å²) in [5, 5.41) is 2.48. The average molecular weight is 229 g/mol. The molecule has 90 valence electrons. The highest BCUT2D eigenvalue weighted by atomic mass is 16.5. The van der Waals surface area contributed by atoms with Crippen LogP contribution >= 0.6 is 0 Å². The van der Waals surface area contributed by atoms with E-state index in [9.17, 15) is 14.4 Å². The van der Waals surface area contributed by atoms with E-state index < -0.39 is 18.0 Å². The topological polar surface area (TPSA) is 81.7 Å². The van der Waals surface area contributed by atoms with Gasteiger partial charge in [0.05, 0.1) is 20.6 Å². The fourth-order valence-electron chi connectivity index (χ4n) is 1.22. The number of hydrogen-bond donors (Lipinski definition) is 1. The van der Waals surface area contributed by atoms with Crippen LogP contribution in [-0.2, 0) is 23.9 Å². The summed E-state index contributed by atoms with van der Waals surface area (Å²) in [7, 11) is 2.43. The van der Waals surface area contributed by atoms with Crippen LogP contribution in [0.25, 0.3) is 0 Å². The molecule has 6 heteroatoms. The van der Waals surface area contributed by atoms with E-state index in [0.717, 1.165) is 12.8 Å². The number of carbonyl (C=O) groups is 3. The third-order valence-corrected chi connectivity index (χ3v) is 2.35. The number of esters is 2. The Balaban J connectivity index is 2.51. The van der Waals surface area contributed by atoms with Crippen LogP contribution in [0.2, 0.25) is 0 Å². The Labute approximate surface area is 93.3 Å². The van der Waals surface area contributed by atoms with Gasteiger partial charge in [0.15, 0.2) is 0 Å². The molecule has 0 heterocycles. The van der Waals surface area contributed by atoms with Crippen molar-refractivity contribution in [3.05, 3.63) is 0 Å². The molecule has 0 aromatic carbocycles. The van der Waals surface area contributed by atoms with Crippen molar-refractivity contribution < 1.29 is 23.9 Å². The second-order valence-corrected chi connectivity index (χ2v) is 3.64. The molecule has 1 rings (SSSR count). The van der Waals surface area contributed by atoms with Crippen molar-refractivity contribution in [2.75, 3.05) is 14.2 Å². The van der Waals surface area contributed by atoms with Gasteiger partial charge in [0.2, 0.25) is 5.91 Å². The predicted octanol–water partition coefficient (Wildman–Crippen LogP) is -0.383. The highest BCUT2D eigenvalue weighted by Crippen LogP contribution is 2.29. The van der Waals surface area contributed by atoms with Gasteiger partial charge >= 0.3 is 11.9 Å². The number of amides is 1. The lowest BCUT2D eigenvalue weighted by Crippen LogP contribution is -2.43. The summed E-state index contributed by atoms with van der Waals surface area (Å²) >= 11 is 0. The number of nitrogens with one attached hydrogen (secondary N) is 1. The summed E-state index contributed by atoms with van der Waals surface area (Å²) < 4.78 is 8.93. The molecule has 6 nitrogen and oxygen atoms in total. The third kappa shape index (κ3) is 3.52. The van der Waals surface area contributed by atoms with E-state index in [0.29, 0.717) is 0 Å². The lowest BCUT2D eigenvalue weighted by atomic mass is 10.2. The van der Waals surface area contributed by atoms with Gasteiger partial charge in [0.1, 0.15) is 6.04 Å². The van der Waals surface area contributed by atoms with Crippen molar-refractivity contribution in [2.24, 2.45) is 5.92 Å². The molecule has 1 atom stereocenters. The molecule has 0 saturated heterocycles. The molecule has 0 unspecified atom stereocenters. The second kappa shape index (κ2) is 5.48. The Morgan fingerprint density at radius 1 is 1.25 bits per heavy atom. The van der Waals surface area contributed by atoms with Crippen LogP contribution in [0.4, 0.5) is 0 Å². The molecule has 0 aromatic rings. The van der Waals surface area contributed by atoms with Crippen molar-refractivity contribution in [1.82, 2.24) is 5.32 Å². The first-order valence-corrected chi connectivity index (χ1v) is 5.03. The van der Waals surface area contributed by atoms with E-state index in [-0.39, 0.29) is 18.2 Å². The molecule has 0 bridgehead atoms. The summed E-state index contributed by atoms with van der Waals surface area (Å²) in [6.07, 6.45) is 1.46. The zero-order valence-corrected chi connectivity index (χ0v) is 9.32. The van der Waals surface area contributed by atoms with Crippen LogP contribution in [0.1, 0.15) is 19.3 Å². The fraction of sp³-hybridized carbons (Fsp3) is 0.700. The van der Waals surface area contributed by atoms with E-state index in [1.54, 1.807) is 0 Å². The normalized spacial score (nSPS) is 16.1. The molecular weight excluding hydrogens is 214 g/mol. The Bertz CT molecular complexity index is 298. The Kier molecular flexibility index (Phi) is 4.28. The van der Waals surface area contributed by atoms with Crippen LogP contribution in [0.15, 0.2) is 0 Å². The standard InChI is InChI=1S/C10H15NO5/c1-15-8(12)5-7(10(14)16-2)11-9(13)6-3-4-6/h6-7H,3-5H2,1-2H3,(H,11,13)/t7-/m1/s1. The zero-order chi connectivity index (χ0) is 12.1. The van der Waals surface area contributed by atoms with Gasteiger partial charge in [0, 0.05) is 5.92 Å². The maximum absolute atomic E-state index is 11.4. The molecule has 1 aliphatic rings. The van der Waals surface area contributed by atoms with Crippen molar-refractivity contribution in [3.63, 3.8) is 0 Å². The van der Waals surface area contributed by atoms with Crippen LogP contribution in [0.5, 0.6) is 0 Å². The second-order valence-electron chi connectivity index (χ2n) is 3.64. The zero-order valence-electron chi connectivity index (χ0n) is 9.32. The minimum absolute atomic E-state index is 0.0233. The number of ether oxygens (including phenoxy) is 2. The van der Waals surface area contributed by atoms with Crippen molar-refractivity contribution in [2.45, 2.75) is 25.3 Å². The smallest absolute Gasteiger partial charge is 0.328 e. The van der Waals surface area contributed by atoms with Crippen molar-refractivity contribution >= 4 is 17.8 Å². The van der Waals surface area contributed by atoms with Crippen molar-refractivity contribution in [3.8, 4) is 0 Å². The number of carbonyl (C=O) groups excluding carboxylic acids is 3. The average Bonchev–Trinajstić information content (AvgIpc) is 3.10. The molecule has 1 fully saturated rings. The van der Waals surface area contributed by atoms with E-state index in [1.807, 2.05) is 0 Å². The van der Waals surface area contributed by atoms with Gasteiger partial charge in [-0.15, -0.1) is 0 Å². The molecule has 16 heavy (non-hydrogen) atoms. The maximum atomic E-state index is 11.4. The number of hydrogen-bond acceptors (Lipinski definition) is 5. The summed E-state index contributed by atoms with van der Waals surface area (Å²) in [4.78, 5) is 33.8. The predicted molar refractivity (Wildman–Crippen MR) is 53.3 cm³/mol. The minimum Gasteiger partial charge on any atom is -0.469 e. The highest BCUT2D eigenvalue weighted by Gasteiger charge is 2.33. The highest BCUT2D eigenvalue weighted by molar-refractivity contribution is 5.89. The van der Waals surface area contributed by atoms with E-state index in [2.05, 4.69) is 14.8 Å². The van der Waals surface area contributed by atoms with E-state index >= 15 is 0 Å². The summed E-state index contributed by atoms with van der Waals surface area (Å²) in [6.45, 7) is 0. The first-order chi connectivity index (χ1) is 7.58. The Hall–Kier alpha value is -1.59. The molecule has 0 aliphatic heterocycles. The van der Waals surface area contributed by atoms with Crippen LogP contribution in [0.3, 0.4) is 0 Å². The van der Waals surface area contributed by atoms with Gasteiger partial charge in [-0.2, -0.15) is 0 Å². The molecule has 1 aliphatic carbocycles. The lowest BCUT2D eigenvalue weighted by molar-refractivity contribution is -0.150. The van der Waals surface area contributed by atoms with Gasteiger partial charge in [0.25, 0.3) is 0 Å². The van der Waals surface area contributed by atoms with E-state index in [4.69, 9.17) is 0 Å². The maximum Gasteiger partial charge on any atom is 0.328 e. The molecular formula is C10H15NO5. The van der Waals surface area contributed by atoms with Crippen LogP contribution in [-0.4, -0.2) is 38.1 Å². The lowest BCUT2D eigenvalue weighted by Gasteiger charge is -2.14. The first kappa shape index (κ1) is 12.5. The third-order valence-electron chi connectivity index (χ3n) is 2.35. The summed E-state index contributed by atoms with van der Waals surface area (Å²) in [5.74, 6) is -1.44. The van der Waals surface area contributed by atoms with Gasteiger partial charge in [-0.1, -0.05) is 0 Å². The number of methoxy groups -OCH3 is 2. The number of rotatable bonds is 5. The minimum atomic E-state index is -0.953. The van der Waals surface area contributed by atoms with Crippen LogP contribution in [0, 0.1) is 5.92 Å². The summed E-state index contributed by atoms with van der Waals surface area (Å²) in [6, 6.07) is -0.953. The molecule has 1 saturated carbocycles. The van der Waals surface area contributed by atoms with Crippen LogP contribution < -0.4 is 5.32 Å². The monoisotopic (exact) mass is 229 g/mol. The summed E-state index contributed by atoms with van der Waals surface area (Å²) in [5.41, 5.74) is 0. The molecule has 1 N–H and O–H groups in total.